The molecule has 0 atom stereocenters. The highest BCUT2D eigenvalue weighted by atomic mass is 127. The summed E-state index contributed by atoms with van der Waals surface area (Å²) in [7, 11) is 0. The van der Waals surface area contributed by atoms with Gasteiger partial charge in [-0.2, -0.15) is 8.78 Å². The molecule has 0 saturated carbocycles. The largest absolute Gasteiger partial charge is 0.484 e. The van der Waals surface area contributed by atoms with Crippen LogP contribution in [0.1, 0.15) is 0 Å². The number of rotatable bonds is 6. The van der Waals surface area contributed by atoms with Crippen LogP contribution in [0.25, 0.3) is 0 Å². The molecule has 1 amide bonds. The molecule has 3 nitrogen and oxygen atoms in total. The Kier molecular flexibility index (Phi) is 6.44. The monoisotopic (exact) mass is 435 g/mol. The number of thioether (sulfide) groups is 1. The molecule has 0 aromatic heterocycles. The molecule has 116 valence electrons. The molecule has 22 heavy (non-hydrogen) atoms. The topological polar surface area (TPSA) is 38.3 Å². The van der Waals surface area contributed by atoms with Gasteiger partial charge in [-0.1, -0.05) is 17.8 Å². The van der Waals surface area contributed by atoms with E-state index in [1.165, 1.54) is 12.1 Å². The molecule has 2 aromatic carbocycles. The smallest absolute Gasteiger partial charge is 0.288 e. The van der Waals surface area contributed by atoms with Crippen LogP contribution >= 0.6 is 34.4 Å². The Morgan fingerprint density at radius 1 is 1.23 bits per heavy atom. The van der Waals surface area contributed by atoms with Crippen LogP contribution in [0.3, 0.4) is 0 Å². The van der Waals surface area contributed by atoms with E-state index in [2.05, 4.69) is 27.9 Å². The van der Waals surface area contributed by atoms with Crippen LogP contribution in [-0.2, 0) is 4.79 Å². The summed E-state index contributed by atoms with van der Waals surface area (Å²) in [4.78, 5) is 12.2. The summed E-state index contributed by atoms with van der Waals surface area (Å²) in [5, 5.41) is 2.64. The van der Waals surface area contributed by atoms with Crippen LogP contribution < -0.4 is 10.1 Å². The molecule has 2 rings (SSSR count). The molecule has 0 saturated heterocycles. The Balaban J connectivity index is 1.84. The SMILES string of the molecule is O=C(COc1cccc(I)c1)Nc1ccc(SC(F)F)cc1. The molecule has 0 aliphatic heterocycles. The third kappa shape index (κ3) is 5.80. The molecular formula is C15H12F2INO2S. The maximum atomic E-state index is 12.2. The minimum atomic E-state index is -2.46. The fourth-order valence-electron chi connectivity index (χ4n) is 1.62. The Labute approximate surface area is 144 Å². The summed E-state index contributed by atoms with van der Waals surface area (Å²) in [6.45, 7) is -0.117. The molecule has 2 aromatic rings. The van der Waals surface area contributed by atoms with Gasteiger partial charge in [0, 0.05) is 14.2 Å². The summed E-state index contributed by atoms with van der Waals surface area (Å²) >= 11 is 2.62. The van der Waals surface area contributed by atoms with Gasteiger partial charge in [0.25, 0.3) is 11.7 Å². The highest BCUT2D eigenvalue weighted by molar-refractivity contribution is 14.1. The zero-order valence-electron chi connectivity index (χ0n) is 11.3. The second-order valence-corrected chi connectivity index (χ2v) is 6.51. The fraction of sp³-hybridized carbons (Fsp3) is 0.133. The molecule has 0 aliphatic rings. The van der Waals surface area contributed by atoms with E-state index in [1.807, 2.05) is 18.2 Å². The zero-order chi connectivity index (χ0) is 15.9. The molecular weight excluding hydrogens is 423 g/mol. The first kappa shape index (κ1) is 17.0. The van der Waals surface area contributed by atoms with Gasteiger partial charge in [0.2, 0.25) is 0 Å². The Morgan fingerprint density at radius 2 is 1.95 bits per heavy atom. The number of hydrogen-bond donors (Lipinski definition) is 1. The fourth-order valence-corrected chi connectivity index (χ4v) is 2.64. The number of amides is 1. The first-order valence-electron chi connectivity index (χ1n) is 6.26. The van der Waals surface area contributed by atoms with E-state index in [9.17, 15) is 13.6 Å². The van der Waals surface area contributed by atoms with Gasteiger partial charge in [0.15, 0.2) is 6.61 Å². The lowest BCUT2D eigenvalue weighted by molar-refractivity contribution is -0.118. The lowest BCUT2D eigenvalue weighted by Crippen LogP contribution is -2.20. The average molecular weight is 435 g/mol. The van der Waals surface area contributed by atoms with Crippen LogP contribution in [-0.4, -0.2) is 18.3 Å². The van der Waals surface area contributed by atoms with Gasteiger partial charge in [-0.05, 0) is 65.1 Å². The predicted octanol–water partition coefficient (Wildman–Crippen LogP) is 4.62. The third-order valence-corrected chi connectivity index (χ3v) is 3.92. The Bertz CT molecular complexity index is 638. The highest BCUT2D eigenvalue weighted by Crippen LogP contribution is 2.26. The van der Waals surface area contributed by atoms with Crippen molar-refractivity contribution >= 4 is 45.9 Å². The number of ether oxygens (including phenoxy) is 1. The number of benzene rings is 2. The van der Waals surface area contributed by atoms with Crippen molar-refractivity contribution in [3.63, 3.8) is 0 Å². The van der Waals surface area contributed by atoms with Crippen LogP contribution in [0.15, 0.2) is 53.4 Å². The van der Waals surface area contributed by atoms with E-state index in [4.69, 9.17) is 4.74 Å². The minimum absolute atomic E-state index is 0.117. The molecule has 7 heteroatoms. The number of carbonyl (C=O) groups excluding carboxylic acids is 1. The van der Waals surface area contributed by atoms with E-state index >= 15 is 0 Å². The van der Waals surface area contributed by atoms with Gasteiger partial charge in [-0.15, -0.1) is 0 Å². The maximum absolute atomic E-state index is 12.2. The Morgan fingerprint density at radius 3 is 2.59 bits per heavy atom. The lowest BCUT2D eigenvalue weighted by Gasteiger charge is -2.08. The molecule has 0 aliphatic carbocycles. The van der Waals surface area contributed by atoms with E-state index in [1.54, 1.807) is 18.2 Å². The molecule has 0 bridgehead atoms. The standard InChI is InChI=1S/C15H12F2INO2S/c16-15(17)22-13-6-4-11(5-7-13)19-14(20)9-21-12-3-1-2-10(18)8-12/h1-8,15H,9H2,(H,19,20). The predicted molar refractivity (Wildman–Crippen MR) is 91.6 cm³/mol. The van der Waals surface area contributed by atoms with Crippen molar-refractivity contribution < 1.29 is 18.3 Å². The molecule has 1 N–H and O–H groups in total. The second-order valence-electron chi connectivity index (χ2n) is 4.20. The number of alkyl halides is 2. The van der Waals surface area contributed by atoms with Crippen molar-refractivity contribution in [2.45, 2.75) is 10.7 Å². The quantitative estimate of drug-likeness (QED) is 0.532. The van der Waals surface area contributed by atoms with Crippen molar-refractivity contribution in [1.29, 1.82) is 0 Å². The number of carbonyl (C=O) groups is 1. The summed E-state index contributed by atoms with van der Waals surface area (Å²) in [6, 6.07) is 13.6. The van der Waals surface area contributed by atoms with Crippen molar-refractivity contribution in [3.05, 3.63) is 52.1 Å². The highest BCUT2D eigenvalue weighted by Gasteiger charge is 2.07. The minimum Gasteiger partial charge on any atom is -0.484 e. The van der Waals surface area contributed by atoms with Crippen LogP contribution in [0, 0.1) is 3.57 Å². The summed E-state index contributed by atoms with van der Waals surface area (Å²) in [6.07, 6.45) is 0. The first-order valence-corrected chi connectivity index (χ1v) is 8.22. The van der Waals surface area contributed by atoms with Gasteiger partial charge in [-0.3, -0.25) is 4.79 Å². The maximum Gasteiger partial charge on any atom is 0.288 e. The Hall–Kier alpha value is -1.35. The zero-order valence-corrected chi connectivity index (χ0v) is 14.2. The summed E-state index contributed by atoms with van der Waals surface area (Å²) < 4.78 is 30.8. The first-order chi connectivity index (χ1) is 10.5. The van der Waals surface area contributed by atoms with Crippen molar-refractivity contribution in [2.75, 3.05) is 11.9 Å². The molecule has 0 unspecified atom stereocenters. The van der Waals surface area contributed by atoms with E-state index in [0.717, 1.165) is 3.57 Å². The lowest BCUT2D eigenvalue weighted by atomic mass is 10.3. The van der Waals surface area contributed by atoms with Crippen LogP contribution in [0.2, 0.25) is 0 Å². The van der Waals surface area contributed by atoms with Crippen LogP contribution in [0.5, 0.6) is 5.75 Å². The number of anilines is 1. The van der Waals surface area contributed by atoms with Crippen molar-refractivity contribution in [1.82, 2.24) is 0 Å². The summed E-state index contributed by atoms with van der Waals surface area (Å²) in [5.41, 5.74) is 0.537. The van der Waals surface area contributed by atoms with Gasteiger partial charge >= 0.3 is 0 Å². The number of halogens is 3. The average Bonchev–Trinajstić information content (AvgIpc) is 2.47. The molecule has 0 fully saturated rings. The third-order valence-electron chi connectivity index (χ3n) is 2.53. The normalized spacial score (nSPS) is 10.5. The van der Waals surface area contributed by atoms with E-state index in [0.29, 0.717) is 28.1 Å². The van der Waals surface area contributed by atoms with Gasteiger partial charge in [-0.25, -0.2) is 0 Å². The summed E-state index contributed by atoms with van der Waals surface area (Å²) in [5.74, 6) is -2.15. The van der Waals surface area contributed by atoms with Gasteiger partial charge in [0.05, 0.1) is 0 Å². The van der Waals surface area contributed by atoms with E-state index < -0.39 is 5.76 Å². The molecule has 0 spiro atoms. The molecule has 0 heterocycles. The van der Waals surface area contributed by atoms with Gasteiger partial charge in [0.1, 0.15) is 5.75 Å². The number of hydrogen-bond acceptors (Lipinski definition) is 3. The number of nitrogens with one attached hydrogen (secondary N) is 1. The van der Waals surface area contributed by atoms with E-state index in [-0.39, 0.29) is 12.5 Å². The molecule has 0 radical (unpaired) electrons. The van der Waals surface area contributed by atoms with Crippen LogP contribution in [0.4, 0.5) is 14.5 Å². The second kappa shape index (κ2) is 8.33. The van der Waals surface area contributed by atoms with Gasteiger partial charge < -0.3 is 10.1 Å². The van der Waals surface area contributed by atoms with Crippen molar-refractivity contribution in [3.8, 4) is 5.75 Å². The van der Waals surface area contributed by atoms with Crippen molar-refractivity contribution in [2.24, 2.45) is 0 Å².